The highest BCUT2D eigenvalue weighted by molar-refractivity contribution is 4.99. The molecule has 0 saturated carbocycles. The predicted molar refractivity (Wildman–Crippen MR) is 61.5 cm³/mol. The summed E-state index contributed by atoms with van der Waals surface area (Å²) in [6.07, 6.45) is 8.99. The van der Waals surface area contributed by atoms with Crippen molar-refractivity contribution in [3.05, 3.63) is 11.6 Å². The molecule has 1 unspecified atom stereocenters. The summed E-state index contributed by atoms with van der Waals surface area (Å²) in [7, 11) is 0. The SMILES string of the molecule is C/C1=C/CCCC(OC(C)(C)C)CC1. The van der Waals surface area contributed by atoms with Crippen molar-refractivity contribution >= 4 is 0 Å². The van der Waals surface area contributed by atoms with E-state index in [0.717, 1.165) is 0 Å². The zero-order valence-electron chi connectivity index (χ0n) is 10.1. The Hall–Kier alpha value is -0.300. The van der Waals surface area contributed by atoms with E-state index in [1.54, 1.807) is 0 Å². The first-order valence-corrected chi connectivity index (χ1v) is 5.81. The summed E-state index contributed by atoms with van der Waals surface area (Å²) in [5, 5.41) is 0. The van der Waals surface area contributed by atoms with Gasteiger partial charge in [0.25, 0.3) is 0 Å². The van der Waals surface area contributed by atoms with E-state index in [1.807, 2.05) is 0 Å². The lowest BCUT2D eigenvalue weighted by atomic mass is 9.98. The van der Waals surface area contributed by atoms with E-state index in [2.05, 4.69) is 33.8 Å². The third-order valence-corrected chi connectivity index (χ3v) is 2.60. The first kappa shape index (κ1) is 11.8. The maximum Gasteiger partial charge on any atom is 0.0602 e. The summed E-state index contributed by atoms with van der Waals surface area (Å²) in [5.74, 6) is 0. The van der Waals surface area contributed by atoms with Gasteiger partial charge < -0.3 is 4.74 Å². The summed E-state index contributed by atoms with van der Waals surface area (Å²) in [5.41, 5.74) is 1.55. The van der Waals surface area contributed by atoms with Crippen molar-refractivity contribution in [2.45, 2.75) is 71.5 Å². The molecule has 0 aromatic carbocycles. The molecule has 14 heavy (non-hydrogen) atoms. The van der Waals surface area contributed by atoms with Crippen LogP contribution in [0.2, 0.25) is 0 Å². The molecule has 1 rings (SSSR count). The zero-order chi connectivity index (χ0) is 10.6. The smallest absolute Gasteiger partial charge is 0.0602 e. The summed E-state index contributed by atoms with van der Waals surface area (Å²) in [6.45, 7) is 8.68. The average molecular weight is 196 g/mol. The van der Waals surface area contributed by atoms with Gasteiger partial charge in [0.15, 0.2) is 0 Å². The first-order chi connectivity index (χ1) is 6.47. The Kier molecular flexibility index (Phi) is 4.18. The lowest BCUT2D eigenvalue weighted by Gasteiger charge is -2.28. The van der Waals surface area contributed by atoms with Crippen molar-refractivity contribution in [3.8, 4) is 0 Å². The van der Waals surface area contributed by atoms with Gasteiger partial charge in [-0.25, -0.2) is 0 Å². The van der Waals surface area contributed by atoms with Gasteiger partial charge in [-0.15, -0.1) is 0 Å². The van der Waals surface area contributed by atoms with Crippen LogP contribution < -0.4 is 0 Å². The van der Waals surface area contributed by atoms with Gasteiger partial charge in [0, 0.05) is 0 Å². The Bertz CT molecular complexity index is 198. The molecule has 1 aliphatic carbocycles. The standard InChI is InChI=1S/C13H24O/c1-11-7-5-6-8-12(10-9-11)14-13(2,3)4/h7,12H,5-6,8-10H2,1-4H3/b11-7-. The van der Waals surface area contributed by atoms with E-state index < -0.39 is 0 Å². The summed E-state index contributed by atoms with van der Waals surface area (Å²) < 4.78 is 6.04. The van der Waals surface area contributed by atoms with E-state index in [4.69, 9.17) is 4.74 Å². The van der Waals surface area contributed by atoms with Gasteiger partial charge in [-0.05, 0) is 59.8 Å². The summed E-state index contributed by atoms with van der Waals surface area (Å²) in [6, 6.07) is 0. The first-order valence-electron chi connectivity index (χ1n) is 5.81. The highest BCUT2D eigenvalue weighted by Crippen LogP contribution is 2.23. The van der Waals surface area contributed by atoms with Crippen LogP contribution in [0.4, 0.5) is 0 Å². The second-order valence-corrected chi connectivity index (χ2v) is 5.37. The molecule has 82 valence electrons. The molecule has 0 amide bonds. The quantitative estimate of drug-likeness (QED) is 0.574. The van der Waals surface area contributed by atoms with Gasteiger partial charge in [-0.2, -0.15) is 0 Å². The Labute approximate surface area is 88.5 Å². The fourth-order valence-corrected chi connectivity index (χ4v) is 1.95. The van der Waals surface area contributed by atoms with Crippen molar-refractivity contribution in [1.29, 1.82) is 0 Å². The molecule has 0 aromatic heterocycles. The van der Waals surface area contributed by atoms with Crippen molar-refractivity contribution in [2.75, 3.05) is 0 Å². The molecule has 0 saturated heterocycles. The number of allylic oxidation sites excluding steroid dienone is 2. The Morgan fingerprint density at radius 1 is 1.29 bits per heavy atom. The number of ether oxygens (including phenoxy) is 1. The minimum absolute atomic E-state index is 0.0154. The van der Waals surface area contributed by atoms with Gasteiger partial charge in [-0.3, -0.25) is 0 Å². The fraction of sp³-hybridized carbons (Fsp3) is 0.846. The lowest BCUT2D eigenvalue weighted by Crippen LogP contribution is -2.27. The third-order valence-electron chi connectivity index (χ3n) is 2.60. The van der Waals surface area contributed by atoms with Crippen LogP contribution in [-0.4, -0.2) is 11.7 Å². The van der Waals surface area contributed by atoms with Crippen LogP contribution in [0, 0.1) is 0 Å². The second kappa shape index (κ2) is 4.97. The molecule has 0 spiro atoms. The largest absolute Gasteiger partial charge is 0.373 e. The van der Waals surface area contributed by atoms with Gasteiger partial charge in [0.2, 0.25) is 0 Å². The van der Waals surface area contributed by atoms with Gasteiger partial charge >= 0.3 is 0 Å². The molecular formula is C13H24O. The van der Waals surface area contributed by atoms with Gasteiger partial charge in [0.1, 0.15) is 0 Å². The van der Waals surface area contributed by atoms with Gasteiger partial charge in [-0.1, -0.05) is 11.6 Å². The van der Waals surface area contributed by atoms with Crippen molar-refractivity contribution in [3.63, 3.8) is 0 Å². The van der Waals surface area contributed by atoms with Crippen LogP contribution in [0.15, 0.2) is 11.6 Å². The van der Waals surface area contributed by atoms with Crippen molar-refractivity contribution in [1.82, 2.24) is 0 Å². The molecular weight excluding hydrogens is 172 g/mol. The van der Waals surface area contributed by atoms with E-state index in [9.17, 15) is 0 Å². The predicted octanol–water partition coefficient (Wildman–Crippen LogP) is 4.08. The second-order valence-electron chi connectivity index (χ2n) is 5.37. The Morgan fingerprint density at radius 2 is 2.00 bits per heavy atom. The maximum atomic E-state index is 6.04. The molecule has 1 heteroatoms. The molecule has 0 N–H and O–H groups in total. The van der Waals surface area contributed by atoms with E-state index in [-0.39, 0.29) is 5.60 Å². The molecule has 0 aromatic rings. The number of hydrogen-bond acceptors (Lipinski definition) is 1. The third kappa shape index (κ3) is 4.80. The van der Waals surface area contributed by atoms with Gasteiger partial charge in [0.05, 0.1) is 11.7 Å². The molecule has 0 fully saturated rings. The highest BCUT2D eigenvalue weighted by atomic mass is 16.5. The summed E-state index contributed by atoms with van der Waals surface area (Å²) >= 11 is 0. The number of hydrogen-bond donors (Lipinski definition) is 0. The van der Waals surface area contributed by atoms with E-state index in [0.29, 0.717) is 6.10 Å². The highest BCUT2D eigenvalue weighted by Gasteiger charge is 2.19. The minimum atomic E-state index is 0.0154. The van der Waals surface area contributed by atoms with Crippen LogP contribution in [-0.2, 0) is 4.74 Å². The van der Waals surface area contributed by atoms with E-state index >= 15 is 0 Å². The molecule has 0 heterocycles. The lowest BCUT2D eigenvalue weighted by molar-refractivity contribution is -0.0668. The molecule has 0 aliphatic heterocycles. The molecule has 1 nitrogen and oxygen atoms in total. The molecule has 1 aliphatic rings. The number of rotatable bonds is 1. The Morgan fingerprint density at radius 3 is 2.64 bits per heavy atom. The topological polar surface area (TPSA) is 9.23 Å². The average Bonchev–Trinajstić information content (AvgIpc) is 2.02. The van der Waals surface area contributed by atoms with Crippen LogP contribution in [0.3, 0.4) is 0 Å². The molecule has 0 radical (unpaired) electrons. The monoisotopic (exact) mass is 196 g/mol. The van der Waals surface area contributed by atoms with Crippen molar-refractivity contribution in [2.24, 2.45) is 0 Å². The van der Waals surface area contributed by atoms with Crippen LogP contribution in [0.25, 0.3) is 0 Å². The van der Waals surface area contributed by atoms with Crippen molar-refractivity contribution < 1.29 is 4.74 Å². The normalized spacial score (nSPS) is 28.9. The zero-order valence-corrected chi connectivity index (χ0v) is 10.1. The van der Waals surface area contributed by atoms with Crippen LogP contribution >= 0.6 is 0 Å². The Balaban J connectivity index is 2.43. The minimum Gasteiger partial charge on any atom is -0.373 e. The molecule has 0 bridgehead atoms. The van der Waals surface area contributed by atoms with Crippen LogP contribution in [0.5, 0.6) is 0 Å². The summed E-state index contributed by atoms with van der Waals surface area (Å²) in [4.78, 5) is 0. The fourth-order valence-electron chi connectivity index (χ4n) is 1.95. The van der Waals surface area contributed by atoms with Crippen LogP contribution in [0.1, 0.15) is 59.8 Å². The molecule has 1 atom stereocenters. The van der Waals surface area contributed by atoms with E-state index in [1.165, 1.54) is 37.7 Å². The maximum absolute atomic E-state index is 6.04.